The van der Waals surface area contributed by atoms with Crippen LogP contribution in [0.3, 0.4) is 0 Å². The number of rotatable bonds is 3. The van der Waals surface area contributed by atoms with E-state index in [-0.39, 0.29) is 23.4 Å². The van der Waals surface area contributed by atoms with Crippen LogP contribution in [0.2, 0.25) is 0 Å². The topological polar surface area (TPSA) is 91.6 Å². The Balaban J connectivity index is 1.52. The minimum absolute atomic E-state index is 0.00452. The summed E-state index contributed by atoms with van der Waals surface area (Å²) in [5.41, 5.74) is 1.48. The molecule has 7 heteroatoms. The van der Waals surface area contributed by atoms with Crippen LogP contribution < -0.4 is 10.9 Å². The second-order valence-corrected chi connectivity index (χ2v) is 7.23. The molecule has 2 aromatic rings. The second kappa shape index (κ2) is 6.90. The lowest BCUT2D eigenvalue weighted by Gasteiger charge is -2.42. The van der Waals surface area contributed by atoms with Crippen molar-refractivity contribution in [1.82, 2.24) is 14.8 Å². The van der Waals surface area contributed by atoms with Crippen LogP contribution in [0, 0.1) is 5.92 Å². The van der Waals surface area contributed by atoms with Crippen molar-refractivity contribution in [3.8, 4) is 0 Å². The minimum Gasteiger partial charge on any atom is -0.479 e. The third-order valence-corrected chi connectivity index (χ3v) is 5.41. The summed E-state index contributed by atoms with van der Waals surface area (Å²) in [5.74, 6) is -0.803. The van der Waals surface area contributed by atoms with Crippen molar-refractivity contribution in [2.45, 2.75) is 24.9 Å². The number of nitrogens with zero attached hydrogens (tertiary/aromatic N) is 2. The summed E-state index contributed by atoms with van der Waals surface area (Å²) in [6, 6.07) is 12.5. The largest absolute Gasteiger partial charge is 0.479 e. The van der Waals surface area contributed by atoms with E-state index in [1.54, 1.807) is 51.9 Å². The standard InChI is InChI=1S/C20H21N3O4/c24-17-8-4-7-16-15-9-13(11-23(16)17)10-22(12-15)20(27)21-18(19(25)26)14-5-2-1-3-6-14/h1-8,13,15,18H,9-12H2,(H,21,27)(H,25,26)/t13-,15+,18+/m1/s1. The number of pyridine rings is 1. The van der Waals surface area contributed by atoms with E-state index < -0.39 is 12.0 Å². The first-order chi connectivity index (χ1) is 13.0. The molecule has 2 aliphatic rings. The molecule has 2 N–H and O–H groups in total. The maximum atomic E-state index is 12.8. The van der Waals surface area contributed by atoms with Gasteiger partial charge in [-0.05, 0) is 24.0 Å². The summed E-state index contributed by atoms with van der Waals surface area (Å²) >= 11 is 0. The number of urea groups is 1. The van der Waals surface area contributed by atoms with Gasteiger partial charge in [0.2, 0.25) is 0 Å². The number of carbonyl (C=O) groups excluding carboxylic acids is 1. The van der Waals surface area contributed by atoms with Crippen LogP contribution in [0.5, 0.6) is 0 Å². The van der Waals surface area contributed by atoms with Gasteiger partial charge < -0.3 is 19.9 Å². The SMILES string of the molecule is O=C(O)[C@@H](NC(=O)N1C[C@H]2C[C@@H](C1)c1cccc(=O)n1C2)c1ccccc1. The molecule has 0 aliphatic carbocycles. The van der Waals surface area contributed by atoms with E-state index in [1.807, 2.05) is 6.07 Å². The number of carboxylic acid groups (broad SMARTS) is 1. The third-order valence-electron chi connectivity index (χ3n) is 5.41. The van der Waals surface area contributed by atoms with E-state index in [4.69, 9.17) is 0 Å². The molecule has 4 rings (SSSR count). The van der Waals surface area contributed by atoms with Gasteiger partial charge in [-0.3, -0.25) is 4.79 Å². The van der Waals surface area contributed by atoms with Crippen molar-refractivity contribution < 1.29 is 14.7 Å². The number of hydrogen-bond acceptors (Lipinski definition) is 3. The zero-order valence-electron chi connectivity index (χ0n) is 14.7. The second-order valence-electron chi connectivity index (χ2n) is 7.23. The average Bonchev–Trinajstić information content (AvgIpc) is 2.67. The predicted octanol–water partition coefficient (Wildman–Crippen LogP) is 1.80. The number of amides is 2. The first-order valence-electron chi connectivity index (χ1n) is 9.06. The van der Waals surface area contributed by atoms with Gasteiger partial charge in [-0.1, -0.05) is 36.4 Å². The highest BCUT2D eigenvalue weighted by Crippen LogP contribution is 2.35. The number of likely N-dealkylation sites (tertiary alicyclic amines) is 1. The molecular formula is C20H21N3O4. The third kappa shape index (κ3) is 3.32. The lowest BCUT2D eigenvalue weighted by molar-refractivity contribution is -0.139. The first kappa shape index (κ1) is 17.3. The van der Waals surface area contributed by atoms with Gasteiger partial charge in [0.05, 0.1) is 0 Å². The van der Waals surface area contributed by atoms with E-state index >= 15 is 0 Å². The maximum absolute atomic E-state index is 12.8. The minimum atomic E-state index is -1.09. The molecular weight excluding hydrogens is 346 g/mol. The fourth-order valence-electron chi connectivity index (χ4n) is 4.21. The summed E-state index contributed by atoms with van der Waals surface area (Å²) in [6.07, 6.45) is 0.939. The predicted molar refractivity (Wildman–Crippen MR) is 98.5 cm³/mol. The molecule has 7 nitrogen and oxygen atoms in total. The van der Waals surface area contributed by atoms with Crippen LogP contribution in [-0.4, -0.2) is 39.7 Å². The lowest BCUT2D eigenvalue weighted by atomic mass is 9.83. The number of hydrogen-bond donors (Lipinski definition) is 2. The van der Waals surface area contributed by atoms with Crippen LogP contribution in [0.4, 0.5) is 4.79 Å². The highest BCUT2D eigenvalue weighted by atomic mass is 16.4. The van der Waals surface area contributed by atoms with E-state index in [0.29, 0.717) is 25.2 Å². The van der Waals surface area contributed by atoms with Crippen molar-refractivity contribution in [3.63, 3.8) is 0 Å². The Morgan fingerprint density at radius 2 is 1.81 bits per heavy atom. The summed E-state index contributed by atoms with van der Waals surface area (Å²) in [5, 5.41) is 12.2. The fourth-order valence-corrected chi connectivity index (χ4v) is 4.21. The van der Waals surface area contributed by atoms with Crippen molar-refractivity contribution in [1.29, 1.82) is 0 Å². The van der Waals surface area contributed by atoms with Crippen molar-refractivity contribution in [3.05, 3.63) is 70.1 Å². The molecule has 0 spiro atoms. The molecule has 1 aromatic heterocycles. The molecule has 2 aliphatic heterocycles. The first-order valence-corrected chi connectivity index (χ1v) is 9.06. The highest BCUT2D eigenvalue weighted by molar-refractivity contribution is 5.83. The Morgan fingerprint density at radius 3 is 2.56 bits per heavy atom. The van der Waals surface area contributed by atoms with Gasteiger partial charge in [0, 0.05) is 37.3 Å². The number of carbonyl (C=O) groups is 2. The Hall–Kier alpha value is -3.09. The van der Waals surface area contributed by atoms with Crippen LogP contribution in [0.15, 0.2) is 53.3 Å². The lowest BCUT2D eigenvalue weighted by Crippen LogP contribution is -2.52. The van der Waals surface area contributed by atoms with E-state index in [9.17, 15) is 19.5 Å². The molecule has 27 heavy (non-hydrogen) atoms. The Kier molecular flexibility index (Phi) is 4.43. The maximum Gasteiger partial charge on any atom is 0.330 e. The monoisotopic (exact) mass is 367 g/mol. The zero-order valence-corrected chi connectivity index (χ0v) is 14.7. The summed E-state index contributed by atoms with van der Waals surface area (Å²) in [6.45, 7) is 1.59. The van der Waals surface area contributed by atoms with E-state index in [0.717, 1.165) is 12.1 Å². The van der Waals surface area contributed by atoms with Gasteiger partial charge in [-0.25, -0.2) is 9.59 Å². The molecule has 2 amide bonds. The molecule has 0 radical (unpaired) electrons. The van der Waals surface area contributed by atoms with Gasteiger partial charge in [0.15, 0.2) is 6.04 Å². The molecule has 1 saturated heterocycles. The average molecular weight is 367 g/mol. The van der Waals surface area contributed by atoms with Gasteiger partial charge in [-0.15, -0.1) is 0 Å². The quantitative estimate of drug-likeness (QED) is 0.865. The van der Waals surface area contributed by atoms with Gasteiger partial charge in [0.25, 0.3) is 5.56 Å². The molecule has 3 atom stereocenters. The molecule has 3 heterocycles. The number of nitrogens with one attached hydrogen (secondary N) is 1. The van der Waals surface area contributed by atoms with Gasteiger partial charge in [0.1, 0.15) is 0 Å². The van der Waals surface area contributed by atoms with Crippen molar-refractivity contribution in [2.24, 2.45) is 5.92 Å². The van der Waals surface area contributed by atoms with Crippen LogP contribution in [0.25, 0.3) is 0 Å². The molecule has 0 unspecified atom stereocenters. The summed E-state index contributed by atoms with van der Waals surface area (Å²) in [4.78, 5) is 38.2. The van der Waals surface area contributed by atoms with Gasteiger partial charge in [-0.2, -0.15) is 0 Å². The van der Waals surface area contributed by atoms with Crippen molar-refractivity contribution >= 4 is 12.0 Å². The van der Waals surface area contributed by atoms with Gasteiger partial charge >= 0.3 is 12.0 Å². The van der Waals surface area contributed by atoms with Crippen molar-refractivity contribution in [2.75, 3.05) is 13.1 Å². The normalized spacial score (nSPS) is 21.9. The molecule has 140 valence electrons. The molecule has 0 saturated carbocycles. The van der Waals surface area contributed by atoms with Crippen LogP contribution in [0.1, 0.15) is 29.6 Å². The Bertz CT molecular complexity index is 924. The molecule has 1 fully saturated rings. The zero-order chi connectivity index (χ0) is 19.0. The van der Waals surface area contributed by atoms with E-state index in [1.165, 1.54) is 0 Å². The Labute approximate surface area is 156 Å². The Morgan fingerprint density at radius 1 is 1.04 bits per heavy atom. The number of piperidine rings is 1. The number of aliphatic carboxylic acids is 1. The highest BCUT2D eigenvalue weighted by Gasteiger charge is 2.37. The van der Waals surface area contributed by atoms with Crippen LogP contribution >= 0.6 is 0 Å². The number of aromatic nitrogens is 1. The van der Waals surface area contributed by atoms with E-state index in [2.05, 4.69) is 5.32 Å². The number of carboxylic acids is 1. The summed E-state index contributed by atoms with van der Waals surface area (Å²) < 4.78 is 1.80. The number of fused-ring (bicyclic) bond motifs is 4. The fraction of sp³-hybridized carbons (Fsp3) is 0.350. The van der Waals surface area contributed by atoms with Crippen LogP contribution in [-0.2, 0) is 11.3 Å². The molecule has 1 aromatic carbocycles. The summed E-state index contributed by atoms with van der Waals surface area (Å²) in [7, 11) is 0. The molecule has 2 bridgehead atoms. The number of benzene rings is 1. The smallest absolute Gasteiger partial charge is 0.330 e.